The second kappa shape index (κ2) is 7.69. The van der Waals surface area contributed by atoms with E-state index < -0.39 is 5.91 Å². The van der Waals surface area contributed by atoms with Gasteiger partial charge in [0.1, 0.15) is 11.4 Å². The monoisotopic (exact) mass is 427 g/mol. The van der Waals surface area contributed by atoms with Crippen molar-refractivity contribution >= 4 is 51.5 Å². The molecule has 0 radical (unpaired) electrons. The first-order valence-electron chi connectivity index (χ1n) is 10.2. The Kier molecular flexibility index (Phi) is 4.70. The molecule has 9 heteroatoms. The highest BCUT2D eigenvalue weighted by molar-refractivity contribution is 6.01. The normalized spacial score (nSPS) is 12.5. The lowest BCUT2D eigenvalue weighted by Gasteiger charge is -2.13. The maximum Gasteiger partial charge on any atom is 0.254 e. The van der Waals surface area contributed by atoms with Crippen molar-refractivity contribution < 1.29 is 9.59 Å². The fourth-order valence-corrected chi connectivity index (χ4v) is 3.89. The summed E-state index contributed by atoms with van der Waals surface area (Å²) in [6.07, 6.45) is 3.75. The topological polar surface area (TPSA) is 127 Å². The van der Waals surface area contributed by atoms with Gasteiger partial charge in [0.25, 0.3) is 5.91 Å². The Bertz CT molecular complexity index is 1380. The quantitative estimate of drug-likeness (QED) is 0.373. The smallest absolute Gasteiger partial charge is 0.254 e. The molecule has 0 fully saturated rings. The highest BCUT2D eigenvalue weighted by Crippen LogP contribution is 2.30. The summed E-state index contributed by atoms with van der Waals surface area (Å²) in [5.74, 6) is -0.0472. The molecule has 2 aromatic heterocycles. The van der Waals surface area contributed by atoms with Crippen LogP contribution in [-0.4, -0.2) is 26.3 Å². The number of anilines is 5. The van der Waals surface area contributed by atoms with Gasteiger partial charge in [-0.2, -0.15) is 4.98 Å². The molecule has 0 unspecified atom stereocenters. The van der Waals surface area contributed by atoms with Crippen molar-refractivity contribution in [3.8, 4) is 0 Å². The third kappa shape index (κ3) is 3.49. The molecule has 1 aliphatic heterocycles. The highest BCUT2D eigenvalue weighted by atomic mass is 16.2. The molecule has 4 aromatic rings. The van der Waals surface area contributed by atoms with Gasteiger partial charge in [-0.25, -0.2) is 4.98 Å². The summed E-state index contributed by atoms with van der Waals surface area (Å²) >= 11 is 0. The van der Waals surface area contributed by atoms with Crippen LogP contribution < -0.4 is 21.7 Å². The number of primary amides is 1. The molecule has 160 valence electrons. The Labute approximate surface area is 183 Å². The molecule has 0 atom stereocenters. The van der Waals surface area contributed by atoms with E-state index in [0.29, 0.717) is 18.2 Å². The van der Waals surface area contributed by atoms with E-state index in [1.165, 1.54) is 6.20 Å². The Balaban J connectivity index is 1.48. The molecule has 5 rings (SSSR count). The van der Waals surface area contributed by atoms with E-state index in [9.17, 15) is 9.59 Å². The number of carbonyl (C=O) groups excluding carboxylic acids is 2. The first kappa shape index (κ1) is 19.6. The predicted octanol–water partition coefficient (Wildman–Crippen LogP) is 3.53. The lowest BCUT2D eigenvalue weighted by Crippen LogP contribution is -2.15. The summed E-state index contributed by atoms with van der Waals surface area (Å²) in [4.78, 5) is 32.3. The number of hydrogen-bond acceptors (Lipinski definition) is 6. The summed E-state index contributed by atoms with van der Waals surface area (Å²) in [5.41, 5.74) is 10.1. The van der Waals surface area contributed by atoms with Crippen LogP contribution in [0.4, 0.5) is 28.8 Å². The molecule has 1 aliphatic rings. The van der Waals surface area contributed by atoms with Crippen molar-refractivity contribution in [1.82, 2.24) is 14.5 Å². The Morgan fingerprint density at radius 3 is 2.91 bits per heavy atom. The number of benzene rings is 2. The summed E-state index contributed by atoms with van der Waals surface area (Å²) in [6.45, 7) is 2.93. The van der Waals surface area contributed by atoms with Crippen molar-refractivity contribution in [1.29, 1.82) is 0 Å². The predicted molar refractivity (Wildman–Crippen MR) is 124 cm³/mol. The van der Waals surface area contributed by atoms with Crippen molar-refractivity contribution in [3.05, 3.63) is 66.0 Å². The van der Waals surface area contributed by atoms with Crippen LogP contribution in [0.5, 0.6) is 0 Å². The summed E-state index contributed by atoms with van der Waals surface area (Å²) in [7, 11) is 0. The fraction of sp³-hybridized carbons (Fsp3) is 0.130. The van der Waals surface area contributed by atoms with Gasteiger partial charge in [-0.05, 0) is 48.9 Å². The maximum absolute atomic E-state index is 12.0. The summed E-state index contributed by atoms with van der Waals surface area (Å²) in [6, 6.07) is 13.5. The highest BCUT2D eigenvalue weighted by Gasteiger charge is 2.18. The van der Waals surface area contributed by atoms with E-state index >= 15 is 0 Å². The van der Waals surface area contributed by atoms with Gasteiger partial charge in [0.05, 0.1) is 11.9 Å². The first-order valence-corrected chi connectivity index (χ1v) is 10.2. The van der Waals surface area contributed by atoms with Crippen LogP contribution in [0.1, 0.15) is 22.8 Å². The van der Waals surface area contributed by atoms with Gasteiger partial charge < -0.3 is 26.3 Å². The zero-order valence-electron chi connectivity index (χ0n) is 17.3. The molecule has 3 heterocycles. The molecule has 0 spiro atoms. The van der Waals surface area contributed by atoms with Gasteiger partial charge in [-0.15, -0.1) is 0 Å². The number of rotatable bonds is 6. The van der Waals surface area contributed by atoms with Gasteiger partial charge in [0.2, 0.25) is 11.9 Å². The summed E-state index contributed by atoms with van der Waals surface area (Å²) < 4.78 is 2.13. The van der Waals surface area contributed by atoms with E-state index in [1.807, 2.05) is 48.7 Å². The number of hydrogen-bond donors (Lipinski definition) is 4. The number of nitrogens with two attached hydrogens (primary N) is 1. The molecule has 0 bridgehead atoms. The number of carbonyl (C=O) groups is 2. The van der Waals surface area contributed by atoms with Gasteiger partial charge in [-0.1, -0.05) is 6.07 Å². The maximum atomic E-state index is 12.0. The molecule has 5 N–H and O–H groups in total. The largest absolute Gasteiger partial charge is 0.365 e. The van der Waals surface area contributed by atoms with Crippen molar-refractivity contribution in [2.75, 3.05) is 16.0 Å². The van der Waals surface area contributed by atoms with Gasteiger partial charge >= 0.3 is 0 Å². The van der Waals surface area contributed by atoms with Crippen LogP contribution in [-0.2, 0) is 17.8 Å². The van der Waals surface area contributed by atoms with Crippen LogP contribution in [0.15, 0.2) is 54.9 Å². The number of aromatic nitrogens is 3. The molecule has 32 heavy (non-hydrogen) atoms. The Morgan fingerprint density at radius 1 is 1.22 bits per heavy atom. The molecule has 9 nitrogen and oxygen atoms in total. The van der Waals surface area contributed by atoms with E-state index in [2.05, 4.69) is 37.4 Å². The van der Waals surface area contributed by atoms with E-state index in [1.54, 1.807) is 0 Å². The van der Waals surface area contributed by atoms with Gasteiger partial charge in [0, 0.05) is 41.4 Å². The second-order valence-corrected chi connectivity index (χ2v) is 7.51. The molecular formula is C23H21N7O2. The average molecular weight is 427 g/mol. The summed E-state index contributed by atoms with van der Waals surface area (Å²) in [5, 5.41) is 10.2. The number of fused-ring (bicyclic) bond motifs is 2. The van der Waals surface area contributed by atoms with E-state index in [4.69, 9.17) is 5.73 Å². The third-order valence-electron chi connectivity index (χ3n) is 5.45. The fourth-order valence-electron chi connectivity index (χ4n) is 3.89. The minimum Gasteiger partial charge on any atom is -0.365 e. The molecule has 2 aromatic carbocycles. The molecule has 0 saturated heterocycles. The molecule has 2 amide bonds. The van der Waals surface area contributed by atoms with Crippen LogP contribution in [0, 0.1) is 0 Å². The van der Waals surface area contributed by atoms with Gasteiger partial charge in [0.15, 0.2) is 0 Å². The Hall–Kier alpha value is -4.40. The molecule has 0 aliphatic carbocycles. The third-order valence-corrected chi connectivity index (χ3v) is 5.45. The first-order chi connectivity index (χ1) is 15.5. The van der Waals surface area contributed by atoms with Crippen molar-refractivity contribution in [3.63, 3.8) is 0 Å². The minimum atomic E-state index is -0.625. The van der Waals surface area contributed by atoms with E-state index in [0.717, 1.165) is 40.1 Å². The lowest BCUT2D eigenvalue weighted by atomic mass is 10.1. The zero-order chi connectivity index (χ0) is 22.2. The Morgan fingerprint density at radius 2 is 2.09 bits per heavy atom. The van der Waals surface area contributed by atoms with E-state index in [-0.39, 0.29) is 11.5 Å². The number of amides is 2. The number of nitrogens with zero attached hydrogens (tertiary/aromatic N) is 3. The lowest BCUT2D eigenvalue weighted by molar-refractivity contribution is -0.115. The van der Waals surface area contributed by atoms with Gasteiger partial charge in [-0.3, -0.25) is 9.59 Å². The SMILES string of the molecule is CCn1ccc2c(Nc3nc(Nc4ccc5c(c4)CC(=O)N5)ncc3C(N)=O)cccc21. The average Bonchev–Trinajstić information content (AvgIpc) is 3.36. The second-order valence-electron chi connectivity index (χ2n) is 7.51. The van der Waals surface area contributed by atoms with Crippen LogP contribution >= 0.6 is 0 Å². The van der Waals surface area contributed by atoms with Crippen LogP contribution in [0.25, 0.3) is 10.9 Å². The standard InChI is InChI=1S/C23H21N7O2/c1-2-30-9-8-15-18(4-3-5-19(15)30)28-22-16(21(24)32)12-25-23(29-22)26-14-6-7-17-13(10-14)11-20(31)27-17/h3-10,12H,2,11H2,1H3,(H2,24,32)(H,27,31)(H2,25,26,28,29). The van der Waals surface area contributed by atoms with Crippen LogP contribution in [0.3, 0.4) is 0 Å². The molecular weight excluding hydrogens is 406 g/mol. The van der Waals surface area contributed by atoms with Crippen molar-refractivity contribution in [2.24, 2.45) is 5.73 Å². The zero-order valence-corrected chi connectivity index (χ0v) is 17.3. The number of aryl methyl sites for hydroxylation is 1. The van der Waals surface area contributed by atoms with Crippen molar-refractivity contribution in [2.45, 2.75) is 19.9 Å². The minimum absolute atomic E-state index is 0.0308. The van der Waals surface area contributed by atoms with Crippen LogP contribution in [0.2, 0.25) is 0 Å². The molecule has 0 saturated carbocycles. The number of nitrogens with one attached hydrogen (secondary N) is 3.